The van der Waals surface area contributed by atoms with E-state index in [9.17, 15) is 24.4 Å². The number of H-pyrrole nitrogens is 1. The molecule has 1 aliphatic heterocycles. The van der Waals surface area contributed by atoms with Crippen molar-refractivity contribution >= 4 is 23.8 Å². The molecule has 2 atom stereocenters. The van der Waals surface area contributed by atoms with Crippen LogP contribution in [0.5, 0.6) is 0 Å². The number of nitriles is 1. The van der Waals surface area contributed by atoms with E-state index in [0.717, 1.165) is 0 Å². The summed E-state index contributed by atoms with van der Waals surface area (Å²) in [6.07, 6.45) is 0.0151. The molecule has 1 saturated heterocycles. The van der Waals surface area contributed by atoms with Gasteiger partial charge in [-0.25, -0.2) is 4.79 Å². The molecule has 1 fully saturated rings. The molecular formula is C24H33N3O7. The van der Waals surface area contributed by atoms with Crippen molar-refractivity contribution in [2.75, 3.05) is 14.2 Å². The quantitative estimate of drug-likeness (QED) is 0.430. The van der Waals surface area contributed by atoms with Crippen LogP contribution in [0.4, 0.5) is 0 Å². The molecule has 34 heavy (non-hydrogen) atoms. The van der Waals surface area contributed by atoms with Gasteiger partial charge in [-0.1, -0.05) is 13.8 Å². The van der Waals surface area contributed by atoms with Crippen molar-refractivity contribution in [3.63, 3.8) is 0 Å². The molecule has 10 nitrogen and oxygen atoms in total. The zero-order valence-electron chi connectivity index (χ0n) is 20.8. The van der Waals surface area contributed by atoms with E-state index in [4.69, 9.17) is 14.2 Å². The van der Waals surface area contributed by atoms with E-state index in [1.54, 1.807) is 20.8 Å². The van der Waals surface area contributed by atoms with Gasteiger partial charge in [-0.3, -0.25) is 14.4 Å². The van der Waals surface area contributed by atoms with Crippen LogP contribution in [0.3, 0.4) is 0 Å². The molecule has 0 radical (unpaired) electrons. The molecule has 2 N–H and O–H groups in total. The number of methoxy groups -OCH3 is 2. The molecule has 0 spiro atoms. The Morgan fingerprint density at radius 2 is 1.76 bits per heavy atom. The number of aromatic nitrogens is 1. The lowest BCUT2D eigenvalue weighted by Crippen LogP contribution is -2.39. The van der Waals surface area contributed by atoms with Crippen LogP contribution < -0.4 is 5.32 Å². The van der Waals surface area contributed by atoms with Crippen LogP contribution in [0, 0.1) is 16.7 Å². The number of nitrogens with one attached hydrogen (secondary N) is 2. The lowest BCUT2D eigenvalue weighted by molar-refractivity contribution is -0.141. The first-order valence-corrected chi connectivity index (χ1v) is 11.0. The second-order valence-electron chi connectivity index (χ2n) is 10.0. The van der Waals surface area contributed by atoms with Gasteiger partial charge in [0.25, 0.3) is 0 Å². The largest absolute Gasteiger partial charge is 0.469 e. The van der Waals surface area contributed by atoms with Crippen molar-refractivity contribution in [2.45, 2.75) is 77.9 Å². The molecule has 10 heteroatoms. The van der Waals surface area contributed by atoms with Crippen LogP contribution in [-0.2, 0) is 41.4 Å². The van der Waals surface area contributed by atoms with Crippen LogP contribution in [0.2, 0.25) is 0 Å². The lowest BCUT2D eigenvalue weighted by Gasteiger charge is -2.29. The van der Waals surface area contributed by atoms with E-state index in [1.807, 2.05) is 13.8 Å². The topological polar surface area (TPSA) is 148 Å². The van der Waals surface area contributed by atoms with Gasteiger partial charge in [0, 0.05) is 18.5 Å². The molecule has 0 saturated carbocycles. The molecule has 1 amide bonds. The van der Waals surface area contributed by atoms with E-state index >= 15 is 0 Å². The zero-order valence-corrected chi connectivity index (χ0v) is 20.8. The standard InChI is InChI=1S/C24H33N3O7/c1-23(2,3)34-22(31)20-13(8-9-17(29)32-6)14(10-18(30)33-7)19(27-20)15(12-25)21-24(4,5)11-16(28)26-21/h15,21,27H,8-11H2,1-7H3,(H,26,28)/t15-,21-/m0/s1. The number of ether oxygens (including phenoxy) is 3. The number of hydrogen-bond acceptors (Lipinski definition) is 8. The smallest absolute Gasteiger partial charge is 0.355 e. The van der Waals surface area contributed by atoms with Crippen LogP contribution >= 0.6 is 0 Å². The van der Waals surface area contributed by atoms with E-state index in [0.29, 0.717) is 16.8 Å². The maximum Gasteiger partial charge on any atom is 0.355 e. The highest BCUT2D eigenvalue weighted by molar-refractivity contribution is 5.91. The number of carbonyl (C=O) groups excluding carboxylic acids is 4. The Morgan fingerprint density at radius 1 is 1.15 bits per heavy atom. The van der Waals surface area contributed by atoms with Gasteiger partial charge < -0.3 is 24.5 Å². The highest BCUT2D eigenvalue weighted by Gasteiger charge is 2.46. The van der Waals surface area contributed by atoms with Gasteiger partial charge in [0.15, 0.2) is 0 Å². The van der Waals surface area contributed by atoms with Gasteiger partial charge in [0.1, 0.15) is 17.2 Å². The highest BCUT2D eigenvalue weighted by atomic mass is 16.6. The fraction of sp³-hybridized carbons (Fsp3) is 0.625. The van der Waals surface area contributed by atoms with E-state index in [-0.39, 0.29) is 37.3 Å². The third-order valence-electron chi connectivity index (χ3n) is 5.77. The third kappa shape index (κ3) is 6.16. The monoisotopic (exact) mass is 475 g/mol. The van der Waals surface area contributed by atoms with Crippen molar-refractivity contribution in [1.29, 1.82) is 5.26 Å². The second kappa shape index (κ2) is 10.3. The minimum atomic E-state index is -0.894. The molecule has 1 aromatic rings. The van der Waals surface area contributed by atoms with Crippen LogP contribution in [-0.4, -0.2) is 54.7 Å². The average Bonchev–Trinajstić information content (AvgIpc) is 3.21. The summed E-state index contributed by atoms with van der Waals surface area (Å²) in [5.41, 5.74) is -0.240. The second-order valence-corrected chi connectivity index (χ2v) is 10.0. The summed E-state index contributed by atoms with van der Waals surface area (Å²) in [4.78, 5) is 52.4. The summed E-state index contributed by atoms with van der Waals surface area (Å²) in [6, 6.07) is 1.66. The Kier molecular flexibility index (Phi) is 8.14. The minimum absolute atomic E-state index is 0.0510. The van der Waals surface area contributed by atoms with Crippen LogP contribution in [0.1, 0.15) is 80.7 Å². The van der Waals surface area contributed by atoms with Gasteiger partial charge in [-0.2, -0.15) is 5.26 Å². The number of aromatic amines is 1. The van der Waals surface area contributed by atoms with Gasteiger partial charge in [-0.15, -0.1) is 0 Å². The van der Waals surface area contributed by atoms with Crippen LogP contribution in [0.15, 0.2) is 0 Å². The summed E-state index contributed by atoms with van der Waals surface area (Å²) in [5, 5.41) is 13.0. The number of amides is 1. The molecule has 1 aliphatic rings. The molecule has 0 aliphatic carbocycles. The van der Waals surface area contributed by atoms with Gasteiger partial charge in [-0.05, 0) is 43.7 Å². The fourth-order valence-electron chi connectivity index (χ4n) is 4.18. The summed E-state index contributed by atoms with van der Waals surface area (Å²) >= 11 is 0. The van der Waals surface area contributed by atoms with E-state index in [1.165, 1.54) is 14.2 Å². The minimum Gasteiger partial charge on any atom is -0.469 e. The Hall–Kier alpha value is -3.35. The van der Waals surface area contributed by atoms with E-state index < -0.39 is 40.9 Å². The Balaban J connectivity index is 2.70. The number of hydrogen-bond donors (Lipinski definition) is 2. The Morgan fingerprint density at radius 3 is 2.24 bits per heavy atom. The van der Waals surface area contributed by atoms with E-state index in [2.05, 4.69) is 16.4 Å². The Labute approximate surface area is 199 Å². The summed E-state index contributed by atoms with van der Waals surface area (Å²) in [7, 11) is 2.49. The van der Waals surface area contributed by atoms with Crippen molar-refractivity contribution in [1.82, 2.24) is 10.3 Å². The first-order chi connectivity index (χ1) is 15.7. The molecule has 0 aromatic carbocycles. The number of carbonyl (C=O) groups is 4. The zero-order chi connectivity index (χ0) is 25.8. The predicted molar refractivity (Wildman–Crippen MR) is 121 cm³/mol. The van der Waals surface area contributed by atoms with Gasteiger partial charge in [0.05, 0.1) is 32.8 Å². The van der Waals surface area contributed by atoms with Gasteiger partial charge in [0.2, 0.25) is 5.91 Å². The summed E-state index contributed by atoms with van der Waals surface area (Å²) in [5.74, 6) is -2.84. The van der Waals surface area contributed by atoms with Crippen molar-refractivity contribution < 1.29 is 33.4 Å². The van der Waals surface area contributed by atoms with Gasteiger partial charge >= 0.3 is 17.9 Å². The lowest BCUT2D eigenvalue weighted by atomic mass is 9.76. The number of nitrogens with zero attached hydrogens (tertiary/aromatic N) is 1. The highest BCUT2D eigenvalue weighted by Crippen LogP contribution is 2.40. The molecule has 1 aromatic heterocycles. The molecule has 2 heterocycles. The first-order valence-electron chi connectivity index (χ1n) is 11.0. The number of rotatable bonds is 8. The molecule has 0 unspecified atom stereocenters. The third-order valence-corrected chi connectivity index (χ3v) is 5.77. The molecule has 0 bridgehead atoms. The molecular weight excluding hydrogens is 442 g/mol. The SMILES string of the molecule is COC(=O)CCc1c(C(=O)OC(C)(C)C)[nH]c([C@H](C#N)[C@@H]2NC(=O)CC2(C)C)c1CC(=O)OC. The first kappa shape index (κ1) is 26.9. The number of esters is 3. The van der Waals surface area contributed by atoms with Crippen LogP contribution in [0.25, 0.3) is 0 Å². The van der Waals surface area contributed by atoms with Crippen molar-refractivity contribution in [2.24, 2.45) is 5.41 Å². The maximum absolute atomic E-state index is 13.1. The predicted octanol–water partition coefficient (Wildman–Crippen LogP) is 2.31. The Bertz CT molecular complexity index is 1010. The fourth-order valence-corrected chi connectivity index (χ4v) is 4.18. The summed E-state index contributed by atoms with van der Waals surface area (Å²) < 4.78 is 15.1. The normalized spacial score (nSPS) is 17.9. The summed E-state index contributed by atoms with van der Waals surface area (Å²) in [6.45, 7) is 8.89. The maximum atomic E-state index is 13.1. The molecule has 186 valence electrons. The molecule has 2 rings (SSSR count). The average molecular weight is 476 g/mol. The van der Waals surface area contributed by atoms with Crippen molar-refractivity contribution in [3.05, 3.63) is 22.5 Å². The van der Waals surface area contributed by atoms with Crippen molar-refractivity contribution in [3.8, 4) is 6.07 Å².